The third-order valence-corrected chi connectivity index (χ3v) is 8.75. The lowest BCUT2D eigenvalue weighted by molar-refractivity contribution is -0.116. The Morgan fingerprint density at radius 3 is 3.15 bits per heavy atom. The van der Waals surface area contributed by atoms with Gasteiger partial charge in [0.15, 0.2) is 11.5 Å². The molecule has 5 aliphatic rings. The summed E-state index contributed by atoms with van der Waals surface area (Å²) in [5.41, 5.74) is 3.27. The van der Waals surface area contributed by atoms with Crippen LogP contribution in [0.15, 0.2) is 20.5 Å². The average molecular weight is 430 g/mol. The Balaban J connectivity index is 1.81. The molecule has 4 heterocycles. The van der Waals surface area contributed by atoms with Gasteiger partial charge < -0.3 is 10.4 Å². The zero-order valence-electron chi connectivity index (χ0n) is 14.1. The third-order valence-electron chi connectivity index (χ3n) is 6.49. The number of hydrogen-bond donors (Lipinski definition) is 2. The molecule has 0 saturated carbocycles. The fraction of sp³-hybridized carbons (Fsp3) is 0.421. The molecule has 0 radical (unpaired) electrons. The Kier molecular flexibility index (Phi) is 2.75. The molecule has 26 heavy (non-hydrogen) atoms. The molecule has 1 aliphatic carbocycles. The standard InChI is InChI=1S/C19H16BrN3O2S/c1-18-5-10(24)9(20)4-19(18)6-11(26-18)23-16-13(19)14-12-8(2-3-21-14)7-22-15(12)17(16)25/h4,7,11,23,25H,2-3,5-6H2,1H3/t11?,18?,19-/m1/s1. The van der Waals surface area contributed by atoms with Crippen molar-refractivity contribution in [3.05, 3.63) is 26.7 Å². The van der Waals surface area contributed by atoms with Gasteiger partial charge in [0.25, 0.3) is 0 Å². The van der Waals surface area contributed by atoms with E-state index < -0.39 is 0 Å². The smallest absolute Gasteiger partial charge is 0.170 e. The fourth-order valence-electron chi connectivity index (χ4n) is 5.31. The number of allylic oxidation sites excluding steroid dienone is 2. The molecule has 6 rings (SSSR count). The lowest BCUT2D eigenvalue weighted by Gasteiger charge is -2.45. The van der Waals surface area contributed by atoms with E-state index in [1.807, 2.05) is 18.0 Å². The molecule has 1 aromatic carbocycles. The number of nitrogens with one attached hydrogen (secondary N) is 1. The zero-order chi connectivity index (χ0) is 17.8. The van der Waals surface area contributed by atoms with Gasteiger partial charge in [-0.05, 0) is 41.3 Å². The molecule has 1 spiro atoms. The van der Waals surface area contributed by atoms with Crippen molar-refractivity contribution in [1.82, 2.24) is 0 Å². The van der Waals surface area contributed by atoms with Crippen molar-refractivity contribution >= 4 is 56.6 Å². The summed E-state index contributed by atoms with van der Waals surface area (Å²) in [4.78, 5) is 21.8. The van der Waals surface area contributed by atoms with Crippen molar-refractivity contribution in [3.8, 4) is 5.75 Å². The zero-order valence-corrected chi connectivity index (χ0v) is 16.5. The van der Waals surface area contributed by atoms with Crippen LogP contribution in [0.1, 0.15) is 31.7 Å². The van der Waals surface area contributed by atoms with Crippen molar-refractivity contribution in [2.24, 2.45) is 9.98 Å². The second-order valence-corrected chi connectivity index (χ2v) is 10.4. The van der Waals surface area contributed by atoms with E-state index in [2.05, 4.69) is 39.2 Å². The average Bonchev–Trinajstić information content (AvgIpc) is 3.11. The van der Waals surface area contributed by atoms with Crippen molar-refractivity contribution in [2.75, 3.05) is 11.9 Å². The van der Waals surface area contributed by atoms with Crippen LogP contribution >= 0.6 is 27.7 Å². The first-order valence-corrected chi connectivity index (χ1v) is 10.5. The summed E-state index contributed by atoms with van der Waals surface area (Å²) >= 11 is 5.31. The van der Waals surface area contributed by atoms with Crippen molar-refractivity contribution in [1.29, 1.82) is 0 Å². The number of hydrogen-bond acceptors (Lipinski definition) is 6. The molecule has 7 heteroatoms. The largest absolute Gasteiger partial charge is 0.504 e. The third kappa shape index (κ3) is 1.59. The molecule has 1 aromatic rings. The van der Waals surface area contributed by atoms with Gasteiger partial charge in [-0.1, -0.05) is 6.08 Å². The number of thioether (sulfide) groups is 1. The van der Waals surface area contributed by atoms with Gasteiger partial charge in [-0.2, -0.15) is 0 Å². The fourth-order valence-corrected chi connectivity index (χ4v) is 7.66. The van der Waals surface area contributed by atoms with Crippen LogP contribution in [0.5, 0.6) is 5.75 Å². The number of anilines is 1. The second-order valence-electron chi connectivity index (χ2n) is 7.84. The summed E-state index contributed by atoms with van der Waals surface area (Å²) in [5, 5.41) is 16.6. The highest BCUT2D eigenvalue weighted by Gasteiger charge is 2.63. The molecule has 0 aromatic heterocycles. The van der Waals surface area contributed by atoms with Gasteiger partial charge in [-0.25, -0.2) is 0 Å². The molecule has 3 atom stereocenters. The molecule has 4 aliphatic heterocycles. The predicted octanol–water partition coefficient (Wildman–Crippen LogP) is 2.42. The Morgan fingerprint density at radius 1 is 1.46 bits per heavy atom. The maximum absolute atomic E-state index is 12.5. The van der Waals surface area contributed by atoms with Gasteiger partial charge in [-0.3, -0.25) is 14.8 Å². The number of rotatable bonds is 0. The van der Waals surface area contributed by atoms with E-state index in [0.29, 0.717) is 16.6 Å². The quantitative estimate of drug-likeness (QED) is 0.621. The summed E-state index contributed by atoms with van der Waals surface area (Å²) in [6.07, 6.45) is 6.19. The molecular formula is C19H16BrN3O2S. The number of benzene rings is 1. The van der Waals surface area contributed by atoms with E-state index in [0.717, 1.165) is 46.8 Å². The first-order chi connectivity index (χ1) is 12.4. The van der Waals surface area contributed by atoms with E-state index >= 15 is 0 Å². The first-order valence-electron chi connectivity index (χ1n) is 8.81. The van der Waals surface area contributed by atoms with Crippen LogP contribution in [0, 0.1) is 0 Å². The van der Waals surface area contributed by atoms with Crippen LogP contribution in [-0.4, -0.2) is 33.8 Å². The molecule has 2 N–H and O–H groups in total. The van der Waals surface area contributed by atoms with E-state index in [9.17, 15) is 9.90 Å². The number of ketones is 1. The highest BCUT2D eigenvalue weighted by Crippen LogP contribution is 2.65. The van der Waals surface area contributed by atoms with Gasteiger partial charge in [0.05, 0.1) is 20.9 Å². The monoisotopic (exact) mass is 429 g/mol. The van der Waals surface area contributed by atoms with E-state index in [-0.39, 0.29) is 27.1 Å². The molecule has 0 amide bonds. The van der Waals surface area contributed by atoms with Gasteiger partial charge in [-0.15, -0.1) is 11.8 Å². The number of aliphatic imine (C=N–C) groups is 1. The number of carbonyl (C=O) groups excluding carboxylic acids is 1. The highest BCUT2D eigenvalue weighted by molar-refractivity contribution is 9.12. The van der Waals surface area contributed by atoms with Gasteiger partial charge >= 0.3 is 0 Å². The lowest BCUT2D eigenvalue weighted by Crippen LogP contribution is -2.52. The number of fused-ring (bicyclic) bond motifs is 3. The molecule has 1 fully saturated rings. The molecule has 2 bridgehead atoms. The second kappa shape index (κ2) is 4.62. The summed E-state index contributed by atoms with van der Waals surface area (Å²) < 4.78 is 0.390. The topological polar surface area (TPSA) is 74.0 Å². The number of Topliss-reactive ketones (excluding diaryl/α,β-unsaturated/α-hetero) is 1. The number of phenols is 1. The molecule has 1 saturated heterocycles. The summed E-state index contributed by atoms with van der Waals surface area (Å²) in [7, 11) is 0. The highest BCUT2D eigenvalue weighted by atomic mass is 79.9. The first kappa shape index (κ1) is 15.5. The van der Waals surface area contributed by atoms with Crippen molar-refractivity contribution < 1.29 is 9.90 Å². The molecule has 2 unspecified atom stereocenters. The van der Waals surface area contributed by atoms with Crippen LogP contribution < -0.4 is 15.9 Å². The predicted molar refractivity (Wildman–Crippen MR) is 106 cm³/mol. The van der Waals surface area contributed by atoms with E-state index in [4.69, 9.17) is 4.99 Å². The van der Waals surface area contributed by atoms with Gasteiger partial charge in [0.2, 0.25) is 0 Å². The SMILES string of the molecule is CC12CC(=O)C(Br)=C[C@]13CC(Nc1c(O)c4c5c(c13)=NCCC=5C=N4)S2. The van der Waals surface area contributed by atoms with E-state index in [1.54, 1.807) is 0 Å². The Morgan fingerprint density at radius 2 is 2.31 bits per heavy atom. The molecular weight excluding hydrogens is 414 g/mol. The Hall–Kier alpha value is -1.60. The number of phenolic OH excluding ortho intramolecular Hbond substituents is 1. The Bertz CT molecular complexity index is 1120. The van der Waals surface area contributed by atoms with E-state index in [1.165, 1.54) is 0 Å². The maximum Gasteiger partial charge on any atom is 0.170 e. The van der Waals surface area contributed by atoms with Crippen LogP contribution in [0.25, 0.3) is 5.57 Å². The van der Waals surface area contributed by atoms with Gasteiger partial charge in [0, 0.05) is 40.1 Å². The van der Waals surface area contributed by atoms with Crippen molar-refractivity contribution in [3.63, 3.8) is 0 Å². The summed E-state index contributed by atoms with van der Waals surface area (Å²) in [6.45, 7) is 2.92. The normalized spacial score (nSPS) is 35.3. The Labute approximate surface area is 162 Å². The molecule has 132 valence electrons. The summed E-state index contributed by atoms with van der Waals surface area (Å²) in [5.74, 6) is 0.365. The number of aromatic hydroxyl groups is 1. The van der Waals surface area contributed by atoms with Gasteiger partial charge in [0.1, 0.15) is 5.69 Å². The minimum atomic E-state index is -0.327. The minimum Gasteiger partial charge on any atom is -0.504 e. The summed E-state index contributed by atoms with van der Waals surface area (Å²) in [6, 6.07) is 0. The molecule has 5 nitrogen and oxygen atoms in total. The van der Waals surface area contributed by atoms with Crippen LogP contribution in [0.4, 0.5) is 11.4 Å². The number of nitrogens with zero attached hydrogens (tertiary/aromatic N) is 2. The number of halogens is 1. The van der Waals surface area contributed by atoms with Crippen LogP contribution in [0.3, 0.4) is 0 Å². The van der Waals surface area contributed by atoms with Crippen LogP contribution in [-0.2, 0) is 10.2 Å². The maximum atomic E-state index is 12.5. The lowest BCUT2D eigenvalue weighted by atomic mass is 9.62. The minimum absolute atomic E-state index is 0.145. The van der Waals surface area contributed by atoms with Crippen LogP contribution in [0.2, 0.25) is 0 Å². The number of carbonyl (C=O) groups is 1. The van der Waals surface area contributed by atoms with Crippen molar-refractivity contribution in [2.45, 2.75) is 41.7 Å².